The number of carbonyl (C=O) groups is 1. The number of aryl methyl sites for hydroxylation is 1. The quantitative estimate of drug-likeness (QED) is 0.764. The fourth-order valence-corrected chi connectivity index (χ4v) is 1.76. The fourth-order valence-electron chi connectivity index (χ4n) is 1.76. The van der Waals surface area contributed by atoms with Crippen LogP contribution in [-0.4, -0.2) is 16.5 Å². The molecular weight excluding hydrogens is 190 g/mol. The average Bonchev–Trinajstić information content (AvgIpc) is 2.53. The molecule has 0 saturated heterocycles. The van der Waals surface area contributed by atoms with Crippen LogP contribution in [0.2, 0.25) is 0 Å². The Hall–Kier alpha value is -1.45. The number of amides is 1. The number of nitrogen functional groups attached to an aromatic ring is 1. The lowest BCUT2D eigenvalue weighted by Crippen LogP contribution is -2.29. The van der Waals surface area contributed by atoms with Gasteiger partial charge in [0.1, 0.15) is 5.69 Å². The van der Waals surface area contributed by atoms with Crippen LogP contribution in [0.15, 0.2) is 12.3 Å². The maximum atomic E-state index is 11.8. The van der Waals surface area contributed by atoms with Gasteiger partial charge in [0.2, 0.25) is 0 Å². The molecule has 1 heterocycles. The van der Waals surface area contributed by atoms with Crippen LogP contribution < -0.4 is 11.1 Å². The minimum Gasteiger partial charge on any atom is -0.397 e. The third kappa shape index (κ3) is 1.84. The van der Waals surface area contributed by atoms with Crippen molar-refractivity contribution in [3.05, 3.63) is 18.0 Å². The summed E-state index contributed by atoms with van der Waals surface area (Å²) in [6.07, 6.45) is 2.80. The van der Waals surface area contributed by atoms with E-state index in [2.05, 4.69) is 19.2 Å². The van der Waals surface area contributed by atoms with E-state index in [4.69, 9.17) is 5.73 Å². The third-order valence-electron chi connectivity index (χ3n) is 3.08. The Morgan fingerprint density at radius 2 is 2.27 bits per heavy atom. The highest BCUT2D eigenvalue weighted by molar-refractivity contribution is 5.94. The standard InChI is InChI=1S/C11H17N3O/c1-11(2)5-9(11)13-10(15)8-4-7(12)6-14(8)3/h4,6,9H,5,12H2,1-3H3,(H,13,15). The first-order valence-electron chi connectivity index (χ1n) is 5.13. The summed E-state index contributed by atoms with van der Waals surface area (Å²) in [5, 5.41) is 3.00. The van der Waals surface area contributed by atoms with E-state index in [0.29, 0.717) is 17.4 Å². The van der Waals surface area contributed by atoms with Gasteiger partial charge in [0.15, 0.2) is 0 Å². The molecule has 2 rings (SSSR count). The Balaban J connectivity index is 2.06. The molecule has 0 aliphatic heterocycles. The summed E-state index contributed by atoms with van der Waals surface area (Å²) in [5.41, 5.74) is 7.12. The normalized spacial score (nSPS) is 22.5. The predicted molar refractivity (Wildman–Crippen MR) is 59.5 cm³/mol. The zero-order valence-electron chi connectivity index (χ0n) is 9.37. The molecule has 3 N–H and O–H groups in total. The molecule has 1 aromatic rings. The second-order valence-electron chi connectivity index (χ2n) is 4.99. The first-order chi connectivity index (χ1) is 6.90. The van der Waals surface area contributed by atoms with E-state index < -0.39 is 0 Å². The SMILES string of the molecule is Cn1cc(N)cc1C(=O)NC1CC1(C)C. The number of nitrogens with zero attached hydrogens (tertiary/aromatic N) is 1. The Kier molecular flexibility index (Phi) is 2.03. The second-order valence-corrected chi connectivity index (χ2v) is 4.99. The first-order valence-corrected chi connectivity index (χ1v) is 5.13. The summed E-state index contributed by atoms with van der Waals surface area (Å²) in [5.74, 6) is -0.0372. The first kappa shape index (κ1) is 10.1. The molecule has 1 fully saturated rings. The van der Waals surface area contributed by atoms with Crippen LogP contribution in [0.4, 0.5) is 5.69 Å². The molecule has 0 aromatic carbocycles. The number of nitrogens with one attached hydrogen (secondary N) is 1. The molecule has 0 radical (unpaired) electrons. The van der Waals surface area contributed by atoms with Crippen molar-refractivity contribution in [1.82, 2.24) is 9.88 Å². The summed E-state index contributed by atoms with van der Waals surface area (Å²) in [4.78, 5) is 11.8. The molecule has 15 heavy (non-hydrogen) atoms. The summed E-state index contributed by atoms with van der Waals surface area (Å²) in [6, 6.07) is 2.01. The van der Waals surface area contributed by atoms with Crippen LogP contribution in [0.5, 0.6) is 0 Å². The van der Waals surface area contributed by atoms with Crippen molar-refractivity contribution >= 4 is 11.6 Å². The van der Waals surface area contributed by atoms with Gasteiger partial charge in [-0.1, -0.05) is 13.8 Å². The van der Waals surface area contributed by atoms with E-state index in [9.17, 15) is 4.79 Å². The Morgan fingerprint density at radius 3 is 2.67 bits per heavy atom. The Bertz CT molecular complexity index is 406. The minimum atomic E-state index is -0.0372. The van der Waals surface area contributed by atoms with E-state index in [1.165, 1.54) is 0 Å². The molecule has 0 spiro atoms. The van der Waals surface area contributed by atoms with Gasteiger partial charge >= 0.3 is 0 Å². The van der Waals surface area contributed by atoms with Crippen molar-refractivity contribution in [3.8, 4) is 0 Å². The van der Waals surface area contributed by atoms with E-state index in [1.807, 2.05) is 7.05 Å². The number of hydrogen-bond acceptors (Lipinski definition) is 2. The van der Waals surface area contributed by atoms with Gasteiger partial charge in [0, 0.05) is 19.3 Å². The molecule has 1 unspecified atom stereocenters. The summed E-state index contributed by atoms with van der Waals surface area (Å²) in [7, 11) is 1.82. The van der Waals surface area contributed by atoms with Crippen molar-refractivity contribution < 1.29 is 4.79 Å². The number of carbonyl (C=O) groups excluding carboxylic acids is 1. The second kappa shape index (κ2) is 3.02. The number of nitrogens with two attached hydrogens (primary N) is 1. The fraction of sp³-hybridized carbons (Fsp3) is 0.545. The van der Waals surface area contributed by atoms with Crippen molar-refractivity contribution in [2.24, 2.45) is 12.5 Å². The van der Waals surface area contributed by atoms with Gasteiger partial charge in [-0.05, 0) is 17.9 Å². The molecule has 4 nitrogen and oxygen atoms in total. The van der Waals surface area contributed by atoms with Crippen LogP contribution in [0.25, 0.3) is 0 Å². The number of aromatic nitrogens is 1. The monoisotopic (exact) mass is 207 g/mol. The van der Waals surface area contributed by atoms with Crippen LogP contribution >= 0.6 is 0 Å². The molecule has 1 atom stereocenters. The van der Waals surface area contributed by atoms with Gasteiger partial charge in [0.25, 0.3) is 5.91 Å². The maximum absolute atomic E-state index is 11.8. The van der Waals surface area contributed by atoms with Crippen LogP contribution in [0.3, 0.4) is 0 Å². The molecule has 1 aromatic heterocycles. The highest BCUT2D eigenvalue weighted by Gasteiger charge is 2.46. The van der Waals surface area contributed by atoms with E-state index >= 15 is 0 Å². The van der Waals surface area contributed by atoms with E-state index in [-0.39, 0.29) is 11.3 Å². The van der Waals surface area contributed by atoms with Gasteiger partial charge in [0.05, 0.1) is 5.69 Å². The molecule has 4 heteroatoms. The van der Waals surface area contributed by atoms with Crippen molar-refractivity contribution in [2.45, 2.75) is 26.3 Å². The molecule has 1 aliphatic carbocycles. The van der Waals surface area contributed by atoms with Gasteiger partial charge in [-0.15, -0.1) is 0 Å². The Morgan fingerprint density at radius 1 is 1.67 bits per heavy atom. The highest BCUT2D eigenvalue weighted by atomic mass is 16.2. The highest BCUT2D eigenvalue weighted by Crippen LogP contribution is 2.44. The van der Waals surface area contributed by atoms with Crippen molar-refractivity contribution in [1.29, 1.82) is 0 Å². The molecule has 1 aliphatic rings. The third-order valence-corrected chi connectivity index (χ3v) is 3.08. The molecule has 1 amide bonds. The summed E-state index contributed by atoms with van der Waals surface area (Å²) in [6.45, 7) is 4.30. The molecular formula is C11H17N3O. The van der Waals surface area contributed by atoms with E-state index in [1.54, 1.807) is 16.8 Å². The van der Waals surface area contributed by atoms with Crippen LogP contribution in [0.1, 0.15) is 30.8 Å². The topological polar surface area (TPSA) is 60.0 Å². The molecule has 0 bridgehead atoms. The zero-order valence-corrected chi connectivity index (χ0v) is 9.37. The van der Waals surface area contributed by atoms with Gasteiger partial charge in [-0.3, -0.25) is 4.79 Å². The van der Waals surface area contributed by atoms with Crippen LogP contribution in [-0.2, 0) is 7.05 Å². The van der Waals surface area contributed by atoms with Gasteiger partial charge in [-0.2, -0.15) is 0 Å². The van der Waals surface area contributed by atoms with Crippen LogP contribution in [0, 0.1) is 5.41 Å². The minimum absolute atomic E-state index is 0.0372. The lowest BCUT2D eigenvalue weighted by molar-refractivity contribution is 0.0938. The lowest BCUT2D eigenvalue weighted by Gasteiger charge is -2.07. The van der Waals surface area contributed by atoms with E-state index in [0.717, 1.165) is 6.42 Å². The smallest absolute Gasteiger partial charge is 0.268 e. The largest absolute Gasteiger partial charge is 0.397 e. The predicted octanol–water partition coefficient (Wildman–Crippen LogP) is 1.14. The number of anilines is 1. The number of rotatable bonds is 2. The zero-order chi connectivity index (χ0) is 11.2. The van der Waals surface area contributed by atoms with Crippen molar-refractivity contribution in [3.63, 3.8) is 0 Å². The summed E-state index contributed by atoms with van der Waals surface area (Å²) >= 11 is 0. The van der Waals surface area contributed by atoms with Crippen molar-refractivity contribution in [2.75, 3.05) is 5.73 Å². The summed E-state index contributed by atoms with van der Waals surface area (Å²) < 4.78 is 1.75. The Labute approximate surface area is 89.5 Å². The lowest BCUT2D eigenvalue weighted by atomic mass is 10.2. The van der Waals surface area contributed by atoms with Gasteiger partial charge in [-0.25, -0.2) is 0 Å². The molecule has 1 saturated carbocycles. The molecule has 82 valence electrons. The number of hydrogen-bond donors (Lipinski definition) is 2. The maximum Gasteiger partial charge on any atom is 0.268 e. The van der Waals surface area contributed by atoms with Gasteiger partial charge < -0.3 is 15.6 Å². The average molecular weight is 207 g/mol.